The van der Waals surface area contributed by atoms with Crippen molar-refractivity contribution >= 4 is 62.1 Å². The summed E-state index contributed by atoms with van der Waals surface area (Å²) < 4.78 is 3.24. The van der Waals surface area contributed by atoms with Gasteiger partial charge in [-0.2, -0.15) is 0 Å². The van der Waals surface area contributed by atoms with E-state index in [1.54, 1.807) is 6.07 Å². The Bertz CT molecular complexity index is 1440. The number of halogens is 3. The second-order valence-corrected chi connectivity index (χ2v) is 10.8. The van der Waals surface area contributed by atoms with Crippen molar-refractivity contribution in [1.82, 2.24) is 14.9 Å². The zero-order chi connectivity index (χ0) is 24.9. The van der Waals surface area contributed by atoms with E-state index in [0.717, 1.165) is 44.1 Å². The number of hydrogen-bond acceptors (Lipinski definition) is 2. The van der Waals surface area contributed by atoms with Gasteiger partial charge in [0.15, 0.2) is 5.11 Å². The summed E-state index contributed by atoms with van der Waals surface area (Å²) in [4.78, 5) is 6.87. The molecular formula is C27H23BrCl2N4S. The van der Waals surface area contributed by atoms with Crippen molar-refractivity contribution < 1.29 is 0 Å². The lowest BCUT2D eigenvalue weighted by atomic mass is 9.96. The molecule has 1 N–H and O–H groups in total. The van der Waals surface area contributed by atoms with Gasteiger partial charge in [-0.1, -0.05) is 45.2 Å². The van der Waals surface area contributed by atoms with E-state index in [4.69, 9.17) is 35.4 Å². The third kappa shape index (κ3) is 4.38. The highest BCUT2D eigenvalue weighted by Gasteiger charge is 2.42. The van der Waals surface area contributed by atoms with Gasteiger partial charge in [-0.3, -0.25) is 4.98 Å². The van der Waals surface area contributed by atoms with Gasteiger partial charge in [0.1, 0.15) is 0 Å². The van der Waals surface area contributed by atoms with Gasteiger partial charge in [-0.15, -0.1) is 0 Å². The molecule has 0 bridgehead atoms. The van der Waals surface area contributed by atoms with E-state index in [1.165, 1.54) is 0 Å². The smallest absolute Gasteiger partial charge is 0.174 e. The first-order chi connectivity index (χ1) is 16.8. The second-order valence-electron chi connectivity index (χ2n) is 8.69. The van der Waals surface area contributed by atoms with E-state index in [2.05, 4.69) is 80.7 Å². The lowest BCUT2D eigenvalue weighted by Crippen LogP contribution is -2.29. The van der Waals surface area contributed by atoms with Crippen LogP contribution in [0, 0.1) is 20.8 Å². The summed E-state index contributed by atoms with van der Waals surface area (Å²) in [7, 11) is 0. The third-order valence-electron chi connectivity index (χ3n) is 6.46. The number of anilines is 1. The number of nitrogens with zero attached hydrogens (tertiary/aromatic N) is 3. The highest BCUT2D eigenvalue weighted by atomic mass is 79.9. The van der Waals surface area contributed by atoms with Crippen LogP contribution in [-0.4, -0.2) is 14.7 Å². The summed E-state index contributed by atoms with van der Waals surface area (Å²) in [5.41, 5.74) is 7.31. The van der Waals surface area contributed by atoms with E-state index < -0.39 is 0 Å². The molecule has 4 nitrogen and oxygen atoms in total. The second kappa shape index (κ2) is 9.58. The maximum absolute atomic E-state index is 6.62. The molecule has 178 valence electrons. The first kappa shape index (κ1) is 24.3. The molecule has 35 heavy (non-hydrogen) atoms. The number of pyridine rings is 1. The molecule has 2 aromatic heterocycles. The first-order valence-corrected chi connectivity index (χ1v) is 13.1. The Labute approximate surface area is 229 Å². The van der Waals surface area contributed by atoms with Crippen LogP contribution < -0.4 is 10.2 Å². The largest absolute Gasteiger partial charge is 0.351 e. The molecule has 0 spiro atoms. The minimum absolute atomic E-state index is 0.107. The van der Waals surface area contributed by atoms with Crippen molar-refractivity contribution in [3.63, 3.8) is 0 Å². The fourth-order valence-corrected chi connectivity index (χ4v) is 5.93. The van der Waals surface area contributed by atoms with Crippen LogP contribution in [0.1, 0.15) is 40.3 Å². The van der Waals surface area contributed by atoms with Crippen LogP contribution in [0.3, 0.4) is 0 Å². The molecule has 0 saturated carbocycles. The molecule has 5 rings (SSSR count). The molecule has 3 heterocycles. The van der Waals surface area contributed by atoms with Crippen LogP contribution in [0.25, 0.3) is 5.69 Å². The maximum atomic E-state index is 6.62. The topological polar surface area (TPSA) is 33.1 Å². The molecule has 0 amide bonds. The van der Waals surface area contributed by atoms with Gasteiger partial charge < -0.3 is 14.8 Å². The van der Waals surface area contributed by atoms with Crippen LogP contribution in [0.4, 0.5) is 5.69 Å². The highest BCUT2D eigenvalue weighted by Crippen LogP contribution is 2.44. The fourth-order valence-electron chi connectivity index (χ4n) is 4.85. The molecule has 8 heteroatoms. The molecule has 1 aliphatic heterocycles. The predicted molar refractivity (Wildman–Crippen MR) is 152 cm³/mol. The molecule has 0 unspecified atom stereocenters. The number of rotatable bonds is 4. The minimum Gasteiger partial charge on any atom is -0.351 e. The molecule has 1 saturated heterocycles. The number of aryl methyl sites for hydroxylation is 2. The fraction of sp³-hybridized carbons (Fsp3) is 0.185. The van der Waals surface area contributed by atoms with Crippen molar-refractivity contribution in [2.24, 2.45) is 0 Å². The highest BCUT2D eigenvalue weighted by molar-refractivity contribution is 9.10. The first-order valence-electron chi connectivity index (χ1n) is 11.2. The van der Waals surface area contributed by atoms with Gasteiger partial charge in [0, 0.05) is 32.8 Å². The SMILES string of the molecule is Cc1cc(N2C(=S)N[C@@H](c3ccccn3)[C@H]2c2cc(C)n(-c3ccc(Cl)cc3Cl)c2C)ccc1Br. The number of hydrogen-bond donors (Lipinski definition) is 1. The standard InChI is InChI=1S/C27H23BrCl2N4S/c1-15-12-19(8-9-21(15)28)34-26(25(32-27(34)35)23-6-4-5-11-31-23)20-13-16(2)33(17(20)3)24-10-7-18(29)14-22(24)30/h4-14,25-26H,1-3H3,(H,32,35)/t25-,26+/m0/s1. The molecule has 2 aromatic carbocycles. The van der Waals surface area contributed by atoms with E-state index in [0.29, 0.717) is 15.2 Å². The molecule has 2 atom stereocenters. The Hall–Kier alpha value is -2.38. The lowest BCUT2D eigenvalue weighted by Gasteiger charge is -2.28. The summed E-state index contributed by atoms with van der Waals surface area (Å²) >= 11 is 22.3. The van der Waals surface area contributed by atoms with Gasteiger partial charge in [-0.25, -0.2) is 0 Å². The Morgan fingerprint density at radius 3 is 2.49 bits per heavy atom. The van der Waals surface area contributed by atoms with E-state index in [1.807, 2.05) is 36.5 Å². The van der Waals surface area contributed by atoms with Crippen LogP contribution >= 0.6 is 51.3 Å². The third-order valence-corrected chi connectivity index (χ3v) is 8.20. The van der Waals surface area contributed by atoms with Crippen molar-refractivity contribution in [2.45, 2.75) is 32.9 Å². The van der Waals surface area contributed by atoms with E-state index in [9.17, 15) is 0 Å². The normalized spacial score (nSPS) is 17.7. The van der Waals surface area contributed by atoms with E-state index >= 15 is 0 Å². The Morgan fingerprint density at radius 2 is 1.80 bits per heavy atom. The molecule has 4 aromatic rings. The Morgan fingerprint density at radius 1 is 1.00 bits per heavy atom. The zero-order valence-corrected chi connectivity index (χ0v) is 23.3. The van der Waals surface area contributed by atoms with Gasteiger partial charge in [-0.05, 0) is 98.7 Å². The van der Waals surface area contributed by atoms with Crippen LogP contribution in [-0.2, 0) is 0 Å². The molecule has 1 fully saturated rings. The van der Waals surface area contributed by atoms with Crippen LogP contribution in [0.5, 0.6) is 0 Å². The number of nitrogens with one attached hydrogen (secondary N) is 1. The number of thiocarbonyl (C=S) groups is 1. The average Bonchev–Trinajstić information content (AvgIpc) is 3.32. The predicted octanol–water partition coefficient (Wildman–Crippen LogP) is 8.04. The van der Waals surface area contributed by atoms with Gasteiger partial charge >= 0.3 is 0 Å². The van der Waals surface area contributed by atoms with Gasteiger partial charge in [0.2, 0.25) is 0 Å². The average molecular weight is 586 g/mol. The minimum atomic E-state index is -0.123. The molecule has 0 aliphatic carbocycles. The van der Waals surface area contributed by atoms with Crippen molar-refractivity contribution in [3.8, 4) is 5.69 Å². The Kier molecular flexibility index (Phi) is 6.66. The van der Waals surface area contributed by atoms with Crippen LogP contribution in [0.2, 0.25) is 10.0 Å². The van der Waals surface area contributed by atoms with Crippen LogP contribution in [0.15, 0.2) is 71.3 Å². The van der Waals surface area contributed by atoms with Crippen molar-refractivity contribution in [1.29, 1.82) is 0 Å². The summed E-state index contributed by atoms with van der Waals surface area (Å²) in [5.74, 6) is 0. The lowest BCUT2D eigenvalue weighted by molar-refractivity contribution is 0.565. The molecule has 0 radical (unpaired) electrons. The number of benzene rings is 2. The molecule has 1 aliphatic rings. The summed E-state index contributed by atoms with van der Waals surface area (Å²) in [6.45, 7) is 6.29. The van der Waals surface area contributed by atoms with E-state index in [-0.39, 0.29) is 12.1 Å². The van der Waals surface area contributed by atoms with Gasteiger partial charge in [0.05, 0.1) is 28.5 Å². The number of aromatic nitrogens is 2. The maximum Gasteiger partial charge on any atom is 0.174 e. The summed E-state index contributed by atoms with van der Waals surface area (Å²) in [5, 5.41) is 5.43. The van der Waals surface area contributed by atoms with Crippen molar-refractivity contribution in [2.75, 3.05) is 4.90 Å². The monoisotopic (exact) mass is 584 g/mol. The Balaban J connectivity index is 1.70. The zero-order valence-electron chi connectivity index (χ0n) is 19.4. The van der Waals surface area contributed by atoms with Crippen molar-refractivity contribution in [3.05, 3.63) is 110 Å². The summed E-state index contributed by atoms with van der Waals surface area (Å²) in [6.07, 6.45) is 1.82. The molecular weight excluding hydrogens is 563 g/mol. The quantitative estimate of drug-likeness (QED) is 0.246. The van der Waals surface area contributed by atoms with Gasteiger partial charge in [0.25, 0.3) is 0 Å². The summed E-state index contributed by atoms with van der Waals surface area (Å²) in [6, 6.07) is 19.9.